The average molecular weight is 522 g/mol. The van der Waals surface area contributed by atoms with E-state index in [0.29, 0.717) is 21.8 Å². The molecule has 0 radical (unpaired) electrons. The minimum Gasteiger partial charge on any atom is -0.456 e. The second kappa shape index (κ2) is 10.4. The fraction of sp³-hybridized carbons (Fsp3) is 0.125. The fourth-order valence-electron chi connectivity index (χ4n) is 3.07. The van der Waals surface area contributed by atoms with Gasteiger partial charge in [-0.25, -0.2) is 9.78 Å². The minimum absolute atomic E-state index is 0.0268. The normalized spacial score (nSPS) is 11.3. The van der Waals surface area contributed by atoms with E-state index in [0.717, 1.165) is 6.07 Å². The number of hydrogen-bond acceptors (Lipinski definition) is 6. The lowest BCUT2D eigenvalue weighted by Crippen LogP contribution is -2.11. The molecule has 1 aromatic carbocycles. The van der Waals surface area contributed by atoms with Gasteiger partial charge in [0.1, 0.15) is 12.4 Å². The number of ether oxygens (including phenoxy) is 1. The summed E-state index contributed by atoms with van der Waals surface area (Å²) in [6.45, 7) is -0.171. The molecule has 0 saturated heterocycles. The van der Waals surface area contributed by atoms with E-state index in [-0.39, 0.29) is 35.3 Å². The number of halogens is 5. The monoisotopic (exact) mass is 521 g/mol. The molecule has 6 nitrogen and oxygen atoms in total. The molecule has 35 heavy (non-hydrogen) atoms. The van der Waals surface area contributed by atoms with Crippen molar-refractivity contribution in [2.45, 2.75) is 19.3 Å². The number of rotatable bonds is 7. The van der Waals surface area contributed by atoms with Crippen molar-refractivity contribution in [1.29, 1.82) is 0 Å². The van der Waals surface area contributed by atoms with E-state index in [4.69, 9.17) is 32.4 Å². The smallest absolute Gasteiger partial charge is 0.449 e. The molecule has 0 unspecified atom stereocenters. The summed E-state index contributed by atoms with van der Waals surface area (Å²) in [5.41, 5.74) is 1.76. The van der Waals surface area contributed by atoms with E-state index in [1.54, 1.807) is 54.9 Å². The van der Waals surface area contributed by atoms with Gasteiger partial charge < -0.3 is 14.5 Å². The number of nitrogens with zero attached hydrogens (tertiary/aromatic N) is 2. The largest absolute Gasteiger partial charge is 0.456 e. The van der Waals surface area contributed by atoms with Crippen LogP contribution in [-0.2, 0) is 24.1 Å². The Hall–Kier alpha value is -3.56. The molecule has 4 aromatic rings. The van der Waals surface area contributed by atoms with Gasteiger partial charge in [0.15, 0.2) is 5.69 Å². The molecule has 180 valence electrons. The Morgan fingerprint density at radius 3 is 2.51 bits per heavy atom. The molecule has 0 atom stereocenters. The van der Waals surface area contributed by atoms with Crippen LogP contribution in [-0.4, -0.2) is 15.9 Å². The molecule has 0 aliphatic carbocycles. The van der Waals surface area contributed by atoms with Crippen molar-refractivity contribution in [1.82, 2.24) is 9.97 Å². The molecule has 0 aliphatic heterocycles. The quantitative estimate of drug-likeness (QED) is 0.263. The van der Waals surface area contributed by atoms with E-state index >= 15 is 0 Å². The molecular formula is C24H16Cl2F3N3O3. The van der Waals surface area contributed by atoms with Crippen molar-refractivity contribution in [3.05, 3.63) is 99.8 Å². The van der Waals surface area contributed by atoms with E-state index in [1.807, 2.05) is 0 Å². The van der Waals surface area contributed by atoms with Crippen molar-refractivity contribution in [3.63, 3.8) is 0 Å². The summed E-state index contributed by atoms with van der Waals surface area (Å²) in [4.78, 5) is 21.2. The fourth-order valence-corrected chi connectivity index (χ4v) is 3.44. The molecule has 0 saturated carbocycles. The Labute approximate surface area is 207 Å². The molecule has 1 N–H and O–H groups in total. The van der Waals surface area contributed by atoms with Crippen molar-refractivity contribution in [2.24, 2.45) is 0 Å². The number of pyridine rings is 2. The first-order valence-corrected chi connectivity index (χ1v) is 10.9. The van der Waals surface area contributed by atoms with Crippen LogP contribution in [0, 0.1) is 0 Å². The predicted octanol–water partition coefficient (Wildman–Crippen LogP) is 7.03. The van der Waals surface area contributed by atoms with Crippen LogP contribution in [0.1, 0.15) is 27.6 Å². The number of esters is 1. The molecule has 0 bridgehead atoms. The van der Waals surface area contributed by atoms with Gasteiger partial charge in [-0.1, -0.05) is 41.4 Å². The molecule has 0 aliphatic rings. The predicted molar refractivity (Wildman–Crippen MR) is 124 cm³/mol. The van der Waals surface area contributed by atoms with Crippen LogP contribution in [0.25, 0.3) is 11.3 Å². The van der Waals surface area contributed by atoms with Gasteiger partial charge in [0, 0.05) is 28.5 Å². The van der Waals surface area contributed by atoms with Gasteiger partial charge in [-0.2, -0.15) is 13.2 Å². The van der Waals surface area contributed by atoms with E-state index < -0.39 is 17.9 Å². The lowest BCUT2D eigenvalue weighted by Gasteiger charge is -2.13. The highest BCUT2D eigenvalue weighted by Crippen LogP contribution is 2.33. The van der Waals surface area contributed by atoms with E-state index in [1.165, 1.54) is 6.07 Å². The molecule has 4 rings (SSSR count). The number of alkyl halides is 3. The summed E-state index contributed by atoms with van der Waals surface area (Å²) in [5, 5.41) is 3.36. The van der Waals surface area contributed by atoms with Crippen molar-refractivity contribution in [2.75, 3.05) is 5.32 Å². The highest BCUT2D eigenvalue weighted by atomic mass is 35.5. The van der Waals surface area contributed by atoms with Crippen LogP contribution in [0.4, 0.5) is 18.9 Å². The molecule has 0 fully saturated rings. The van der Waals surface area contributed by atoms with Gasteiger partial charge in [-0.15, -0.1) is 0 Å². The minimum atomic E-state index is -4.60. The number of nitrogens with one attached hydrogen (secondary N) is 1. The second-order valence-corrected chi connectivity index (χ2v) is 8.09. The highest BCUT2D eigenvalue weighted by Gasteiger charge is 2.34. The first-order valence-electron chi connectivity index (χ1n) is 10.1. The number of carbonyl (C=O) groups is 1. The number of furan rings is 1. The Morgan fingerprint density at radius 2 is 1.86 bits per heavy atom. The van der Waals surface area contributed by atoms with Gasteiger partial charge >= 0.3 is 12.1 Å². The first-order chi connectivity index (χ1) is 16.7. The van der Waals surface area contributed by atoms with Crippen LogP contribution in [0.5, 0.6) is 0 Å². The van der Waals surface area contributed by atoms with Crippen LogP contribution < -0.4 is 5.32 Å². The third-order valence-electron chi connectivity index (χ3n) is 4.78. The van der Waals surface area contributed by atoms with Gasteiger partial charge in [0.2, 0.25) is 5.76 Å². The Morgan fingerprint density at radius 1 is 1.09 bits per heavy atom. The van der Waals surface area contributed by atoms with Gasteiger partial charge in [-0.05, 0) is 36.4 Å². The lowest BCUT2D eigenvalue weighted by atomic mass is 10.1. The summed E-state index contributed by atoms with van der Waals surface area (Å²) < 4.78 is 48.7. The number of anilines is 1. The van der Waals surface area contributed by atoms with E-state index in [9.17, 15) is 18.0 Å². The molecule has 3 aromatic heterocycles. The molecule has 3 heterocycles. The van der Waals surface area contributed by atoms with Crippen LogP contribution in [0.3, 0.4) is 0 Å². The maximum atomic E-state index is 12.8. The zero-order chi connectivity index (χ0) is 25.0. The third kappa shape index (κ3) is 6.12. The summed E-state index contributed by atoms with van der Waals surface area (Å²) in [6.07, 6.45) is -1.45. The van der Waals surface area contributed by atoms with Crippen LogP contribution >= 0.6 is 23.2 Å². The maximum Gasteiger partial charge on any atom is 0.449 e. The summed E-state index contributed by atoms with van der Waals surface area (Å²) in [5.74, 6) is -1.87. The summed E-state index contributed by atoms with van der Waals surface area (Å²) in [6, 6.07) is 13.8. The third-order valence-corrected chi connectivity index (χ3v) is 5.41. The lowest BCUT2D eigenvalue weighted by molar-refractivity contribution is -0.153. The second-order valence-electron chi connectivity index (χ2n) is 7.28. The van der Waals surface area contributed by atoms with E-state index in [2.05, 4.69) is 15.3 Å². The molecule has 0 amide bonds. The Kier molecular flexibility index (Phi) is 7.28. The van der Waals surface area contributed by atoms with Crippen molar-refractivity contribution < 1.29 is 27.1 Å². The topological polar surface area (TPSA) is 77.2 Å². The van der Waals surface area contributed by atoms with Crippen molar-refractivity contribution in [3.8, 4) is 11.3 Å². The van der Waals surface area contributed by atoms with Gasteiger partial charge in [-0.3, -0.25) is 4.98 Å². The standard InChI is InChI=1S/C24H16Cl2F3N3O3/c25-16-5-3-15(4-6-16)18-10-19(31-12-17-7-8-20(35-17)24(27,28)29)21(26)22(32-18)23(33)34-13-14-2-1-9-30-11-14/h1-11H,12-13H2,(H,31,32). The number of carbonyl (C=O) groups excluding carboxylic acids is 1. The van der Waals surface area contributed by atoms with Gasteiger partial charge in [0.25, 0.3) is 0 Å². The zero-order valence-corrected chi connectivity index (χ0v) is 19.3. The maximum absolute atomic E-state index is 12.8. The van der Waals surface area contributed by atoms with Crippen molar-refractivity contribution >= 4 is 34.9 Å². The van der Waals surface area contributed by atoms with Crippen LogP contribution in [0.2, 0.25) is 10.0 Å². The Bertz CT molecular complexity index is 1330. The van der Waals surface area contributed by atoms with Crippen LogP contribution in [0.15, 0.2) is 71.4 Å². The molecular weight excluding hydrogens is 506 g/mol. The SMILES string of the molecule is O=C(OCc1cccnc1)c1nc(-c2ccc(Cl)cc2)cc(NCc2ccc(C(F)(F)F)o2)c1Cl. The first kappa shape index (κ1) is 24.6. The highest BCUT2D eigenvalue weighted by molar-refractivity contribution is 6.36. The number of benzene rings is 1. The Balaban J connectivity index is 1.62. The zero-order valence-electron chi connectivity index (χ0n) is 17.8. The number of hydrogen-bond donors (Lipinski definition) is 1. The van der Waals surface area contributed by atoms with Gasteiger partial charge in [0.05, 0.1) is 22.9 Å². The molecule has 11 heteroatoms. The molecule has 0 spiro atoms. The number of aromatic nitrogens is 2. The summed E-state index contributed by atoms with van der Waals surface area (Å²) in [7, 11) is 0. The average Bonchev–Trinajstić information content (AvgIpc) is 3.33. The summed E-state index contributed by atoms with van der Waals surface area (Å²) >= 11 is 12.4.